The molecule has 1 aromatic heterocycles. The van der Waals surface area contributed by atoms with Gasteiger partial charge in [0.25, 0.3) is 0 Å². The van der Waals surface area contributed by atoms with Crippen LogP contribution in [-0.2, 0) is 6.54 Å². The van der Waals surface area contributed by atoms with Gasteiger partial charge in [-0.25, -0.2) is 0 Å². The SMILES string of the molecule is CN(C)CC(C)(O)CNCc1[nH]c2ccccc2c1Cl. The van der Waals surface area contributed by atoms with Gasteiger partial charge < -0.3 is 20.3 Å². The molecule has 3 N–H and O–H groups in total. The van der Waals surface area contributed by atoms with E-state index in [-0.39, 0.29) is 0 Å². The van der Waals surface area contributed by atoms with Crippen LogP contribution >= 0.6 is 11.6 Å². The first-order chi connectivity index (χ1) is 9.39. The first-order valence-corrected chi connectivity index (χ1v) is 7.10. The van der Waals surface area contributed by atoms with Crippen molar-refractivity contribution in [2.45, 2.75) is 19.1 Å². The summed E-state index contributed by atoms with van der Waals surface area (Å²) in [6.45, 7) is 3.56. The highest BCUT2D eigenvalue weighted by molar-refractivity contribution is 6.36. The zero-order valence-electron chi connectivity index (χ0n) is 12.2. The normalized spacial score (nSPS) is 14.9. The van der Waals surface area contributed by atoms with Crippen molar-refractivity contribution < 1.29 is 5.11 Å². The number of likely N-dealkylation sites (N-methyl/N-ethyl adjacent to an activating group) is 1. The van der Waals surface area contributed by atoms with Gasteiger partial charge in [0.1, 0.15) is 0 Å². The summed E-state index contributed by atoms with van der Waals surface area (Å²) in [4.78, 5) is 5.27. The fourth-order valence-corrected chi connectivity index (χ4v) is 2.76. The number of aromatic amines is 1. The van der Waals surface area contributed by atoms with Crippen LogP contribution in [0, 0.1) is 0 Å². The maximum Gasteiger partial charge on any atom is 0.0869 e. The average molecular weight is 296 g/mol. The molecule has 0 aliphatic heterocycles. The van der Waals surface area contributed by atoms with E-state index < -0.39 is 5.60 Å². The van der Waals surface area contributed by atoms with Gasteiger partial charge in [0.15, 0.2) is 0 Å². The van der Waals surface area contributed by atoms with Gasteiger partial charge in [-0.15, -0.1) is 0 Å². The van der Waals surface area contributed by atoms with Gasteiger partial charge in [-0.2, -0.15) is 0 Å². The number of aromatic nitrogens is 1. The average Bonchev–Trinajstić information content (AvgIpc) is 2.65. The second kappa shape index (κ2) is 6.14. The molecule has 110 valence electrons. The Hall–Kier alpha value is -1.07. The van der Waals surface area contributed by atoms with Crippen LogP contribution in [0.5, 0.6) is 0 Å². The molecule has 1 unspecified atom stereocenters. The Morgan fingerprint density at radius 1 is 1.35 bits per heavy atom. The van der Waals surface area contributed by atoms with Crippen LogP contribution < -0.4 is 5.32 Å². The Labute approximate surface area is 124 Å². The van der Waals surface area contributed by atoms with E-state index in [0.717, 1.165) is 21.6 Å². The molecular formula is C15H22ClN3O. The molecule has 0 radical (unpaired) electrons. The molecule has 1 heterocycles. The summed E-state index contributed by atoms with van der Waals surface area (Å²) < 4.78 is 0. The predicted octanol–water partition coefficient (Wildman–Crippen LogP) is 2.22. The minimum atomic E-state index is -0.762. The molecule has 2 rings (SSSR count). The summed E-state index contributed by atoms with van der Waals surface area (Å²) in [6.07, 6.45) is 0. The molecular weight excluding hydrogens is 274 g/mol. The van der Waals surface area contributed by atoms with E-state index in [1.807, 2.05) is 50.2 Å². The fourth-order valence-electron chi connectivity index (χ4n) is 2.48. The Morgan fingerprint density at radius 2 is 2.05 bits per heavy atom. The number of hydrogen-bond donors (Lipinski definition) is 3. The van der Waals surface area contributed by atoms with Gasteiger partial charge in [-0.3, -0.25) is 0 Å². The van der Waals surface area contributed by atoms with Gasteiger partial charge in [-0.1, -0.05) is 29.8 Å². The second-order valence-electron chi connectivity index (χ2n) is 5.80. The Morgan fingerprint density at radius 3 is 2.70 bits per heavy atom. The number of aliphatic hydroxyl groups is 1. The molecule has 1 aromatic carbocycles. The highest BCUT2D eigenvalue weighted by Crippen LogP contribution is 2.26. The van der Waals surface area contributed by atoms with Gasteiger partial charge in [0.2, 0.25) is 0 Å². The highest BCUT2D eigenvalue weighted by Gasteiger charge is 2.21. The van der Waals surface area contributed by atoms with Crippen molar-refractivity contribution in [3.8, 4) is 0 Å². The number of halogens is 1. The van der Waals surface area contributed by atoms with Crippen molar-refractivity contribution in [1.82, 2.24) is 15.2 Å². The smallest absolute Gasteiger partial charge is 0.0869 e. The van der Waals surface area contributed by atoms with Crippen LogP contribution in [0.1, 0.15) is 12.6 Å². The van der Waals surface area contributed by atoms with Crippen molar-refractivity contribution in [3.63, 3.8) is 0 Å². The van der Waals surface area contributed by atoms with E-state index in [9.17, 15) is 5.11 Å². The third-order valence-electron chi connectivity index (χ3n) is 3.18. The Bertz CT molecular complexity index is 578. The van der Waals surface area contributed by atoms with Gasteiger partial charge >= 0.3 is 0 Å². The number of para-hydroxylation sites is 1. The van der Waals surface area contributed by atoms with Crippen LogP contribution in [0.3, 0.4) is 0 Å². The van der Waals surface area contributed by atoms with E-state index in [2.05, 4.69) is 10.3 Å². The third-order valence-corrected chi connectivity index (χ3v) is 3.61. The van der Waals surface area contributed by atoms with Gasteiger partial charge in [-0.05, 0) is 27.1 Å². The first kappa shape index (κ1) is 15.3. The first-order valence-electron chi connectivity index (χ1n) is 6.72. The minimum absolute atomic E-state index is 0.511. The maximum atomic E-state index is 10.2. The van der Waals surface area contributed by atoms with Crippen molar-refractivity contribution in [2.24, 2.45) is 0 Å². The third kappa shape index (κ3) is 3.73. The van der Waals surface area contributed by atoms with E-state index in [1.165, 1.54) is 0 Å². The molecule has 2 aromatic rings. The lowest BCUT2D eigenvalue weighted by Gasteiger charge is -2.27. The van der Waals surface area contributed by atoms with Gasteiger partial charge in [0, 0.05) is 36.2 Å². The summed E-state index contributed by atoms with van der Waals surface area (Å²) in [5.41, 5.74) is 1.23. The number of fused-ring (bicyclic) bond motifs is 1. The van der Waals surface area contributed by atoms with Gasteiger partial charge in [0.05, 0.1) is 10.6 Å². The lowest BCUT2D eigenvalue weighted by atomic mass is 10.1. The summed E-state index contributed by atoms with van der Waals surface area (Å²) in [5.74, 6) is 0. The fraction of sp³-hybridized carbons (Fsp3) is 0.467. The lowest BCUT2D eigenvalue weighted by Crippen LogP contribution is -2.45. The molecule has 0 fully saturated rings. The molecule has 5 heteroatoms. The van der Waals surface area contributed by atoms with Crippen molar-refractivity contribution in [3.05, 3.63) is 35.0 Å². The lowest BCUT2D eigenvalue weighted by molar-refractivity contribution is 0.0335. The quantitative estimate of drug-likeness (QED) is 0.766. The molecule has 4 nitrogen and oxygen atoms in total. The summed E-state index contributed by atoms with van der Waals surface area (Å²) in [5, 5.41) is 15.3. The number of nitrogens with zero attached hydrogens (tertiary/aromatic N) is 1. The van der Waals surface area contributed by atoms with E-state index in [1.54, 1.807) is 0 Å². The van der Waals surface area contributed by atoms with Crippen LogP contribution in [-0.4, -0.2) is 47.8 Å². The largest absolute Gasteiger partial charge is 0.388 e. The zero-order valence-corrected chi connectivity index (χ0v) is 13.0. The van der Waals surface area contributed by atoms with Crippen molar-refractivity contribution in [1.29, 1.82) is 0 Å². The maximum absolute atomic E-state index is 10.2. The molecule has 20 heavy (non-hydrogen) atoms. The molecule has 1 atom stereocenters. The number of hydrogen-bond acceptors (Lipinski definition) is 3. The van der Waals surface area contributed by atoms with E-state index >= 15 is 0 Å². The molecule has 0 spiro atoms. The predicted molar refractivity (Wildman–Crippen MR) is 84.2 cm³/mol. The summed E-state index contributed by atoms with van der Waals surface area (Å²) >= 11 is 6.35. The molecule has 0 amide bonds. The molecule has 0 aliphatic rings. The van der Waals surface area contributed by atoms with Crippen LogP contribution in [0.2, 0.25) is 5.02 Å². The molecule has 0 saturated carbocycles. The monoisotopic (exact) mass is 295 g/mol. The van der Waals surface area contributed by atoms with Crippen LogP contribution in [0.25, 0.3) is 10.9 Å². The van der Waals surface area contributed by atoms with Crippen LogP contribution in [0.15, 0.2) is 24.3 Å². The minimum Gasteiger partial charge on any atom is -0.388 e. The standard InChI is InChI=1S/C15H22ClN3O/c1-15(20,10-19(2)3)9-17-8-13-14(16)11-6-4-5-7-12(11)18-13/h4-7,17-18,20H,8-10H2,1-3H3. The number of H-pyrrole nitrogens is 1. The molecule has 0 bridgehead atoms. The Balaban J connectivity index is 1.98. The molecule has 0 saturated heterocycles. The highest BCUT2D eigenvalue weighted by atomic mass is 35.5. The number of nitrogens with one attached hydrogen (secondary N) is 2. The summed E-state index contributed by atoms with van der Waals surface area (Å²) in [7, 11) is 3.89. The second-order valence-corrected chi connectivity index (χ2v) is 6.18. The number of rotatable bonds is 6. The zero-order chi connectivity index (χ0) is 14.8. The van der Waals surface area contributed by atoms with Crippen molar-refractivity contribution >= 4 is 22.5 Å². The van der Waals surface area contributed by atoms with Crippen molar-refractivity contribution in [2.75, 3.05) is 27.2 Å². The number of benzene rings is 1. The topological polar surface area (TPSA) is 51.3 Å². The molecule has 0 aliphatic carbocycles. The summed E-state index contributed by atoms with van der Waals surface area (Å²) in [6, 6.07) is 7.96. The van der Waals surface area contributed by atoms with E-state index in [0.29, 0.717) is 19.6 Å². The van der Waals surface area contributed by atoms with Crippen LogP contribution in [0.4, 0.5) is 0 Å². The van der Waals surface area contributed by atoms with E-state index in [4.69, 9.17) is 11.6 Å². The Kier molecular flexibility index (Phi) is 4.70.